The van der Waals surface area contributed by atoms with Crippen LogP contribution in [-0.4, -0.2) is 32.3 Å². The average Bonchev–Trinajstić information content (AvgIpc) is 2.66. The number of hydrogen-bond donors (Lipinski definition) is 1. The molecule has 2 aromatic carbocycles. The first-order valence-electron chi connectivity index (χ1n) is 9.47. The van der Waals surface area contributed by atoms with Gasteiger partial charge in [0.15, 0.2) is 11.5 Å². The van der Waals surface area contributed by atoms with Gasteiger partial charge in [0, 0.05) is 6.42 Å². The van der Waals surface area contributed by atoms with Crippen molar-refractivity contribution in [2.75, 3.05) is 26.4 Å². The summed E-state index contributed by atoms with van der Waals surface area (Å²) in [6.45, 7) is 8.00. The molecule has 2 aromatic rings. The van der Waals surface area contributed by atoms with E-state index in [1.54, 1.807) is 0 Å². The monoisotopic (exact) mass is 371 g/mol. The highest BCUT2D eigenvalue weighted by Crippen LogP contribution is 2.29. The van der Waals surface area contributed by atoms with Gasteiger partial charge in [0.05, 0.1) is 19.8 Å². The van der Waals surface area contributed by atoms with E-state index in [2.05, 4.69) is 5.32 Å². The highest BCUT2D eigenvalue weighted by molar-refractivity contribution is 5.76. The summed E-state index contributed by atoms with van der Waals surface area (Å²) in [6.07, 6.45) is 1.07. The van der Waals surface area contributed by atoms with Gasteiger partial charge in [0.2, 0.25) is 5.91 Å². The van der Waals surface area contributed by atoms with Crippen LogP contribution in [0.5, 0.6) is 17.2 Å². The molecule has 2 rings (SSSR count). The Kier molecular flexibility index (Phi) is 8.49. The number of nitrogens with one attached hydrogen (secondary N) is 1. The molecule has 0 heterocycles. The zero-order valence-electron chi connectivity index (χ0n) is 16.4. The Bertz CT molecular complexity index is 730. The minimum atomic E-state index is 0.00897. The van der Waals surface area contributed by atoms with Crippen molar-refractivity contribution in [3.63, 3.8) is 0 Å². The number of carbonyl (C=O) groups is 1. The van der Waals surface area contributed by atoms with Crippen molar-refractivity contribution < 1.29 is 19.0 Å². The normalized spacial score (nSPS) is 10.3. The quantitative estimate of drug-likeness (QED) is 0.608. The minimum Gasteiger partial charge on any atom is -0.492 e. The molecule has 0 fully saturated rings. The summed E-state index contributed by atoms with van der Waals surface area (Å²) in [4.78, 5) is 12.0. The van der Waals surface area contributed by atoms with Gasteiger partial charge in [-0.2, -0.15) is 0 Å². The van der Waals surface area contributed by atoms with Crippen molar-refractivity contribution in [3.8, 4) is 17.2 Å². The first kappa shape index (κ1) is 20.6. The van der Waals surface area contributed by atoms with Crippen molar-refractivity contribution in [1.29, 1.82) is 0 Å². The summed E-state index contributed by atoms with van der Waals surface area (Å²) < 4.78 is 16.8. The molecule has 1 amide bonds. The van der Waals surface area contributed by atoms with Crippen LogP contribution in [0.25, 0.3) is 0 Å². The zero-order valence-corrected chi connectivity index (χ0v) is 16.4. The first-order valence-corrected chi connectivity index (χ1v) is 9.47. The Morgan fingerprint density at radius 1 is 0.963 bits per heavy atom. The van der Waals surface area contributed by atoms with Gasteiger partial charge in [0.25, 0.3) is 0 Å². The summed E-state index contributed by atoms with van der Waals surface area (Å²) in [7, 11) is 0. The van der Waals surface area contributed by atoms with E-state index in [1.165, 1.54) is 0 Å². The molecule has 0 saturated heterocycles. The fraction of sp³-hybridized carbons (Fsp3) is 0.409. The van der Waals surface area contributed by atoms with Crippen molar-refractivity contribution >= 4 is 5.91 Å². The van der Waals surface area contributed by atoms with Crippen LogP contribution in [0, 0.1) is 6.92 Å². The second kappa shape index (κ2) is 11.1. The molecular formula is C22H29NO4. The molecule has 0 aliphatic carbocycles. The Hall–Kier alpha value is -2.69. The number of rotatable bonds is 11. The maximum absolute atomic E-state index is 12.0. The summed E-state index contributed by atoms with van der Waals surface area (Å²) >= 11 is 0. The average molecular weight is 371 g/mol. The van der Waals surface area contributed by atoms with E-state index < -0.39 is 0 Å². The van der Waals surface area contributed by atoms with Crippen molar-refractivity contribution in [1.82, 2.24) is 5.32 Å². The molecule has 0 saturated carbocycles. The Morgan fingerprint density at radius 3 is 2.48 bits per heavy atom. The van der Waals surface area contributed by atoms with Gasteiger partial charge in [-0.15, -0.1) is 0 Å². The summed E-state index contributed by atoms with van der Waals surface area (Å²) in [5.74, 6) is 2.29. The molecule has 1 N–H and O–H groups in total. The number of aryl methyl sites for hydroxylation is 2. The Morgan fingerprint density at radius 2 is 1.74 bits per heavy atom. The number of amides is 1. The van der Waals surface area contributed by atoms with E-state index in [9.17, 15) is 4.79 Å². The maximum atomic E-state index is 12.0. The maximum Gasteiger partial charge on any atom is 0.220 e. The topological polar surface area (TPSA) is 56.8 Å². The van der Waals surface area contributed by atoms with Gasteiger partial charge in [-0.1, -0.05) is 18.2 Å². The predicted octanol–water partition coefficient (Wildman–Crippen LogP) is 3.92. The SMILES string of the molecule is CCOc1ccc(CCC(=O)NCCOc2cccc(C)c2)cc1OCC. The largest absolute Gasteiger partial charge is 0.492 e. The highest BCUT2D eigenvalue weighted by atomic mass is 16.5. The number of hydrogen-bond acceptors (Lipinski definition) is 4. The van der Waals surface area contributed by atoms with E-state index in [-0.39, 0.29) is 5.91 Å². The molecule has 0 unspecified atom stereocenters. The number of carbonyl (C=O) groups excluding carboxylic acids is 1. The third-order valence-electron chi connectivity index (χ3n) is 3.93. The van der Waals surface area contributed by atoms with E-state index in [4.69, 9.17) is 14.2 Å². The van der Waals surface area contributed by atoms with Gasteiger partial charge in [0.1, 0.15) is 12.4 Å². The van der Waals surface area contributed by atoms with Crippen LogP contribution in [0.1, 0.15) is 31.4 Å². The molecule has 0 bridgehead atoms. The van der Waals surface area contributed by atoms with Crippen LogP contribution >= 0.6 is 0 Å². The number of ether oxygens (including phenoxy) is 3. The lowest BCUT2D eigenvalue weighted by Crippen LogP contribution is -2.28. The van der Waals surface area contributed by atoms with Gasteiger partial charge in [-0.25, -0.2) is 0 Å². The van der Waals surface area contributed by atoms with Gasteiger partial charge in [-0.3, -0.25) is 4.79 Å². The molecule has 0 radical (unpaired) electrons. The number of benzene rings is 2. The van der Waals surface area contributed by atoms with E-state index >= 15 is 0 Å². The summed E-state index contributed by atoms with van der Waals surface area (Å²) in [5.41, 5.74) is 2.20. The van der Waals surface area contributed by atoms with Crippen molar-refractivity contribution in [2.24, 2.45) is 0 Å². The standard InChI is InChI=1S/C22H29NO4/c1-4-25-20-11-9-18(16-21(20)26-5-2)10-12-22(24)23-13-14-27-19-8-6-7-17(3)15-19/h6-9,11,15-16H,4-5,10,12-14H2,1-3H3,(H,23,24). The Labute approximate surface area is 161 Å². The molecule has 0 atom stereocenters. The highest BCUT2D eigenvalue weighted by Gasteiger charge is 2.08. The van der Waals surface area contributed by atoms with Crippen molar-refractivity contribution in [3.05, 3.63) is 53.6 Å². The molecule has 27 heavy (non-hydrogen) atoms. The zero-order chi connectivity index (χ0) is 19.5. The smallest absolute Gasteiger partial charge is 0.220 e. The minimum absolute atomic E-state index is 0.00897. The molecule has 5 nitrogen and oxygen atoms in total. The van der Waals surface area contributed by atoms with Gasteiger partial charge < -0.3 is 19.5 Å². The van der Waals surface area contributed by atoms with Gasteiger partial charge >= 0.3 is 0 Å². The lowest BCUT2D eigenvalue weighted by molar-refractivity contribution is -0.121. The third-order valence-corrected chi connectivity index (χ3v) is 3.93. The lowest BCUT2D eigenvalue weighted by Gasteiger charge is -2.12. The van der Waals surface area contributed by atoms with Crippen LogP contribution in [-0.2, 0) is 11.2 Å². The van der Waals surface area contributed by atoms with E-state index in [0.29, 0.717) is 39.2 Å². The molecule has 0 spiro atoms. The van der Waals surface area contributed by atoms with E-state index in [0.717, 1.165) is 28.4 Å². The summed E-state index contributed by atoms with van der Waals surface area (Å²) in [6, 6.07) is 13.7. The second-order valence-electron chi connectivity index (χ2n) is 6.16. The van der Waals surface area contributed by atoms with E-state index in [1.807, 2.05) is 63.2 Å². The molecule has 0 aliphatic rings. The van der Waals surface area contributed by atoms with Crippen LogP contribution in [0.15, 0.2) is 42.5 Å². The van der Waals surface area contributed by atoms with Gasteiger partial charge in [-0.05, 0) is 62.6 Å². The Balaban J connectivity index is 1.73. The lowest BCUT2D eigenvalue weighted by atomic mass is 10.1. The fourth-order valence-electron chi connectivity index (χ4n) is 2.66. The first-order chi connectivity index (χ1) is 13.1. The molecule has 0 aromatic heterocycles. The molecule has 0 aliphatic heterocycles. The van der Waals surface area contributed by atoms with Crippen LogP contribution in [0.2, 0.25) is 0 Å². The second-order valence-corrected chi connectivity index (χ2v) is 6.16. The molecular weight excluding hydrogens is 342 g/mol. The molecule has 146 valence electrons. The summed E-state index contributed by atoms with van der Waals surface area (Å²) in [5, 5.41) is 2.89. The van der Waals surface area contributed by atoms with Crippen LogP contribution in [0.3, 0.4) is 0 Å². The fourth-order valence-corrected chi connectivity index (χ4v) is 2.66. The molecule has 5 heteroatoms. The van der Waals surface area contributed by atoms with Crippen molar-refractivity contribution in [2.45, 2.75) is 33.6 Å². The van der Waals surface area contributed by atoms with Crippen LogP contribution < -0.4 is 19.5 Å². The third kappa shape index (κ3) is 7.21. The van der Waals surface area contributed by atoms with Crippen LogP contribution in [0.4, 0.5) is 0 Å². The predicted molar refractivity (Wildman–Crippen MR) is 107 cm³/mol.